The van der Waals surface area contributed by atoms with Gasteiger partial charge in [0.15, 0.2) is 11.0 Å². The van der Waals surface area contributed by atoms with Gasteiger partial charge in [0, 0.05) is 12.7 Å². The van der Waals surface area contributed by atoms with E-state index in [-0.39, 0.29) is 11.2 Å². The number of nitrogens with two attached hydrogens (primary N) is 1. The summed E-state index contributed by atoms with van der Waals surface area (Å²) >= 11 is 5.56. The molecule has 0 spiro atoms. The van der Waals surface area contributed by atoms with Crippen molar-refractivity contribution < 1.29 is 4.39 Å². The van der Waals surface area contributed by atoms with Crippen molar-refractivity contribution in [1.82, 2.24) is 9.99 Å². The van der Waals surface area contributed by atoms with Crippen LogP contribution in [0.2, 0.25) is 5.15 Å². The van der Waals surface area contributed by atoms with Crippen molar-refractivity contribution >= 4 is 11.6 Å². The minimum absolute atomic E-state index is 0.0572. The Morgan fingerprint density at radius 3 is 3.00 bits per heavy atom. The molecule has 1 aliphatic rings. The fourth-order valence-corrected chi connectivity index (χ4v) is 2.21. The Labute approximate surface area is 99.4 Å². The summed E-state index contributed by atoms with van der Waals surface area (Å²) in [5.41, 5.74) is 0.811. The van der Waals surface area contributed by atoms with E-state index in [1.165, 1.54) is 12.5 Å². The molecule has 0 unspecified atom stereocenters. The van der Waals surface area contributed by atoms with Crippen LogP contribution in [0.15, 0.2) is 12.3 Å². The summed E-state index contributed by atoms with van der Waals surface area (Å²) in [5, 5.41) is 1.69. The second-order valence-corrected chi connectivity index (χ2v) is 4.50. The molecule has 2 rings (SSSR count). The largest absolute Gasteiger partial charge is 0.268 e. The molecule has 2 N–H and O–H groups in total. The number of aromatic nitrogens is 1. The van der Waals surface area contributed by atoms with Crippen LogP contribution in [0.1, 0.15) is 37.3 Å². The Morgan fingerprint density at radius 1 is 1.44 bits per heavy atom. The number of hydrogen-bond donors (Lipinski definition) is 1. The first-order valence-electron chi connectivity index (χ1n) is 5.51. The third kappa shape index (κ3) is 2.51. The molecule has 1 aromatic rings. The summed E-state index contributed by atoms with van der Waals surface area (Å²) in [7, 11) is 0. The van der Waals surface area contributed by atoms with Gasteiger partial charge in [0.25, 0.3) is 0 Å². The highest BCUT2D eigenvalue weighted by Gasteiger charge is 2.21. The second kappa shape index (κ2) is 5.08. The van der Waals surface area contributed by atoms with E-state index in [0.717, 1.165) is 31.4 Å². The molecular formula is C11H15ClFN3. The molecule has 0 amide bonds. The van der Waals surface area contributed by atoms with Gasteiger partial charge in [-0.3, -0.25) is 5.84 Å². The molecule has 5 heteroatoms. The van der Waals surface area contributed by atoms with Crippen molar-refractivity contribution in [3.05, 3.63) is 28.8 Å². The highest BCUT2D eigenvalue weighted by Crippen LogP contribution is 2.28. The number of rotatable bonds is 1. The van der Waals surface area contributed by atoms with Crippen LogP contribution in [0, 0.1) is 5.82 Å². The normalized spacial score (nSPS) is 23.1. The average molecular weight is 244 g/mol. The highest BCUT2D eigenvalue weighted by molar-refractivity contribution is 6.29. The lowest BCUT2D eigenvalue weighted by Crippen LogP contribution is -2.35. The van der Waals surface area contributed by atoms with Crippen LogP contribution in [0.25, 0.3) is 0 Å². The van der Waals surface area contributed by atoms with Gasteiger partial charge in [-0.05, 0) is 24.5 Å². The predicted octanol–water partition coefficient (Wildman–Crippen LogP) is 2.66. The molecule has 0 bridgehead atoms. The Morgan fingerprint density at radius 2 is 2.25 bits per heavy atom. The zero-order chi connectivity index (χ0) is 11.5. The molecule has 1 atom stereocenters. The van der Waals surface area contributed by atoms with Crippen LogP contribution in [0.3, 0.4) is 0 Å². The number of hydrogen-bond acceptors (Lipinski definition) is 3. The number of hydrazine groups is 1. The number of nitrogens with zero attached hydrogens (tertiary/aromatic N) is 2. The van der Waals surface area contributed by atoms with E-state index in [2.05, 4.69) is 4.98 Å². The Bertz CT molecular complexity index is 372. The van der Waals surface area contributed by atoms with Crippen molar-refractivity contribution in [2.45, 2.75) is 31.7 Å². The minimum Gasteiger partial charge on any atom is -0.268 e. The molecule has 16 heavy (non-hydrogen) atoms. The van der Waals surface area contributed by atoms with Crippen LogP contribution in [0.4, 0.5) is 4.39 Å². The first-order valence-corrected chi connectivity index (χ1v) is 5.88. The zero-order valence-electron chi connectivity index (χ0n) is 9.00. The molecule has 1 saturated heterocycles. The van der Waals surface area contributed by atoms with Gasteiger partial charge in [0.1, 0.15) is 0 Å². The molecule has 0 aliphatic carbocycles. The maximum absolute atomic E-state index is 13.3. The monoisotopic (exact) mass is 243 g/mol. The third-order valence-electron chi connectivity index (χ3n) is 3.00. The van der Waals surface area contributed by atoms with Gasteiger partial charge >= 0.3 is 0 Å². The summed E-state index contributed by atoms with van der Waals surface area (Å²) in [6.07, 6.45) is 5.94. The third-order valence-corrected chi connectivity index (χ3v) is 3.27. The fourth-order valence-electron chi connectivity index (χ4n) is 2.11. The van der Waals surface area contributed by atoms with Crippen molar-refractivity contribution in [3.63, 3.8) is 0 Å². The first-order chi connectivity index (χ1) is 7.68. The molecule has 0 aromatic carbocycles. The van der Waals surface area contributed by atoms with E-state index in [9.17, 15) is 4.39 Å². The van der Waals surface area contributed by atoms with Crippen molar-refractivity contribution in [2.24, 2.45) is 5.84 Å². The lowest BCUT2D eigenvalue weighted by atomic mass is 10.0. The maximum Gasteiger partial charge on any atom is 0.164 e. The van der Waals surface area contributed by atoms with Gasteiger partial charge in [-0.25, -0.2) is 14.4 Å². The number of halogens is 2. The first kappa shape index (κ1) is 11.8. The van der Waals surface area contributed by atoms with E-state index in [0.29, 0.717) is 0 Å². The topological polar surface area (TPSA) is 42.1 Å². The summed E-state index contributed by atoms with van der Waals surface area (Å²) in [4.78, 5) is 3.83. The molecule has 2 heterocycles. The highest BCUT2D eigenvalue weighted by atomic mass is 35.5. The summed E-state index contributed by atoms with van der Waals surface area (Å²) in [5.74, 6) is 5.47. The van der Waals surface area contributed by atoms with Gasteiger partial charge in [-0.1, -0.05) is 24.4 Å². The zero-order valence-corrected chi connectivity index (χ0v) is 9.75. The van der Waals surface area contributed by atoms with Crippen LogP contribution >= 0.6 is 11.6 Å². The Kier molecular flexibility index (Phi) is 3.74. The Balaban J connectivity index is 2.23. The van der Waals surface area contributed by atoms with E-state index < -0.39 is 5.82 Å². The summed E-state index contributed by atoms with van der Waals surface area (Å²) < 4.78 is 13.3. The van der Waals surface area contributed by atoms with Gasteiger partial charge in [-0.15, -0.1) is 0 Å². The lowest BCUT2D eigenvalue weighted by Gasteiger charge is -2.25. The Hall–Kier alpha value is -0.710. The SMILES string of the molecule is NN1CCCCC[C@H]1c1cnc(Cl)c(F)c1. The van der Waals surface area contributed by atoms with E-state index >= 15 is 0 Å². The quantitative estimate of drug-likeness (QED) is 0.609. The molecule has 1 aromatic heterocycles. The summed E-state index contributed by atoms with van der Waals surface area (Å²) in [6, 6.07) is 1.49. The van der Waals surface area contributed by atoms with Crippen LogP contribution < -0.4 is 5.84 Å². The van der Waals surface area contributed by atoms with E-state index in [1.807, 2.05) is 0 Å². The minimum atomic E-state index is -0.475. The predicted molar refractivity (Wildman–Crippen MR) is 61.3 cm³/mol. The van der Waals surface area contributed by atoms with E-state index in [1.54, 1.807) is 11.2 Å². The second-order valence-electron chi connectivity index (χ2n) is 4.14. The van der Waals surface area contributed by atoms with Gasteiger partial charge in [-0.2, -0.15) is 0 Å². The van der Waals surface area contributed by atoms with E-state index in [4.69, 9.17) is 17.4 Å². The molecular weight excluding hydrogens is 229 g/mol. The standard InChI is InChI=1S/C11H15ClFN3/c12-11-9(13)6-8(7-15-11)10-4-2-1-3-5-16(10)14/h6-7,10H,1-5,14H2/t10-/m0/s1. The lowest BCUT2D eigenvalue weighted by molar-refractivity contribution is 0.206. The van der Waals surface area contributed by atoms with Crippen molar-refractivity contribution in [2.75, 3.05) is 6.54 Å². The smallest absolute Gasteiger partial charge is 0.164 e. The van der Waals surface area contributed by atoms with Crippen LogP contribution in [-0.2, 0) is 0 Å². The van der Waals surface area contributed by atoms with Crippen molar-refractivity contribution in [3.8, 4) is 0 Å². The molecule has 3 nitrogen and oxygen atoms in total. The van der Waals surface area contributed by atoms with Crippen molar-refractivity contribution in [1.29, 1.82) is 0 Å². The van der Waals surface area contributed by atoms with Crippen LogP contribution in [0.5, 0.6) is 0 Å². The molecule has 88 valence electrons. The number of pyridine rings is 1. The molecule has 0 saturated carbocycles. The summed E-state index contributed by atoms with van der Waals surface area (Å²) in [6.45, 7) is 0.842. The van der Waals surface area contributed by atoms with Gasteiger partial charge < -0.3 is 0 Å². The molecule has 1 aliphatic heterocycles. The van der Waals surface area contributed by atoms with Gasteiger partial charge in [0.2, 0.25) is 0 Å². The van der Waals surface area contributed by atoms with Crippen LogP contribution in [-0.4, -0.2) is 16.5 Å². The van der Waals surface area contributed by atoms with Gasteiger partial charge in [0.05, 0.1) is 6.04 Å². The molecule has 0 radical (unpaired) electrons. The average Bonchev–Trinajstić information content (AvgIpc) is 2.47. The fraction of sp³-hybridized carbons (Fsp3) is 0.545. The molecule has 1 fully saturated rings. The maximum atomic E-state index is 13.3.